The second kappa shape index (κ2) is 8.32. The van der Waals surface area contributed by atoms with E-state index in [1.54, 1.807) is 12.1 Å². The van der Waals surface area contributed by atoms with Gasteiger partial charge in [-0.3, -0.25) is 0 Å². The van der Waals surface area contributed by atoms with Gasteiger partial charge < -0.3 is 20.1 Å². The number of hydrogen-bond donors (Lipinski definition) is 2. The molecule has 2 N–H and O–H groups in total. The molecule has 0 radical (unpaired) electrons. The maximum atomic E-state index is 12.9. The lowest BCUT2D eigenvalue weighted by molar-refractivity contribution is -0.137. The quantitative estimate of drug-likeness (QED) is 0.810. The first-order valence-corrected chi connectivity index (χ1v) is 9.05. The highest BCUT2D eigenvalue weighted by atomic mass is 19.4. The van der Waals surface area contributed by atoms with E-state index in [9.17, 15) is 18.3 Å². The van der Waals surface area contributed by atoms with Gasteiger partial charge in [-0.2, -0.15) is 13.2 Å². The zero-order valence-corrected chi connectivity index (χ0v) is 15.8. The Bertz CT molecular complexity index is 789. The number of halogens is 3. The molecule has 28 heavy (non-hydrogen) atoms. The predicted octanol–water partition coefficient (Wildman–Crippen LogP) is 2.99. The molecular weight excluding hydrogens is 373 g/mol. The number of nitrogens with one attached hydrogen (secondary N) is 1. The molecule has 1 aliphatic heterocycles. The number of phenols is 1. The van der Waals surface area contributed by atoms with Gasteiger partial charge in [0, 0.05) is 18.7 Å². The van der Waals surface area contributed by atoms with Crippen LogP contribution in [-0.4, -0.2) is 54.7 Å². The van der Waals surface area contributed by atoms with Crippen molar-refractivity contribution in [3.8, 4) is 17.0 Å². The fourth-order valence-electron chi connectivity index (χ4n) is 3.30. The highest BCUT2D eigenvalue weighted by Crippen LogP contribution is 2.38. The maximum Gasteiger partial charge on any atom is 0.416 e. The number of anilines is 1. The van der Waals surface area contributed by atoms with E-state index in [1.807, 2.05) is 7.05 Å². The number of aromatic hydroxyl groups is 1. The Morgan fingerprint density at radius 1 is 1.29 bits per heavy atom. The highest BCUT2D eigenvalue weighted by Gasteiger charge is 2.32. The molecule has 9 heteroatoms. The Morgan fingerprint density at radius 2 is 2.07 bits per heavy atom. The number of phenolic OH excluding ortho intramolecular Hbond substituents is 1. The van der Waals surface area contributed by atoms with Gasteiger partial charge in [-0.25, -0.2) is 0 Å². The van der Waals surface area contributed by atoms with Crippen LogP contribution in [0, 0.1) is 6.92 Å². The van der Waals surface area contributed by atoms with Crippen molar-refractivity contribution in [1.82, 2.24) is 15.5 Å². The Kier molecular flexibility index (Phi) is 6.04. The summed E-state index contributed by atoms with van der Waals surface area (Å²) in [5.74, 6) is 0.207. The second-order valence-corrected chi connectivity index (χ2v) is 6.79. The van der Waals surface area contributed by atoms with E-state index in [2.05, 4.69) is 20.4 Å². The van der Waals surface area contributed by atoms with E-state index < -0.39 is 17.5 Å². The third-order valence-corrected chi connectivity index (χ3v) is 4.73. The molecule has 0 amide bonds. The Labute approximate surface area is 161 Å². The fourth-order valence-corrected chi connectivity index (χ4v) is 3.30. The number of alkyl halides is 3. The normalized spacial score (nSPS) is 17.8. The van der Waals surface area contributed by atoms with Gasteiger partial charge in [-0.1, -0.05) is 0 Å². The molecule has 1 aliphatic rings. The molecule has 0 unspecified atom stereocenters. The summed E-state index contributed by atoms with van der Waals surface area (Å²) in [6.07, 6.45) is -3.53. The topological polar surface area (TPSA) is 70.5 Å². The average molecular weight is 396 g/mol. The summed E-state index contributed by atoms with van der Waals surface area (Å²) in [6, 6.07) is 5.14. The summed E-state index contributed by atoms with van der Waals surface area (Å²) < 4.78 is 44.4. The van der Waals surface area contributed by atoms with Crippen LogP contribution in [-0.2, 0) is 10.9 Å². The number of morpholine rings is 1. The lowest BCUT2D eigenvalue weighted by atomic mass is 10.0. The summed E-state index contributed by atoms with van der Waals surface area (Å²) in [5, 5.41) is 21.6. The van der Waals surface area contributed by atoms with Gasteiger partial charge in [0.2, 0.25) is 0 Å². The van der Waals surface area contributed by atoms with Crippen LogP contribution >= 0.6 is 0 Å². The van der Waals surface area contributed by atoms with Crippen molar-refractivity contribution in [2.24, 2.45) is 0 Å². The van der Waals surface area contributed by atoms with Gasteiger partial charge in [0.05, 0.1) is 24.0 Å². The Hall–Kier alpha value is -2.39. The van der Waals surface area contributed by atoms with Crippen molar-refractivity contribution in [2.75, 3.05) is 38.2 Å². The maximum absolute atomic E-state index is 12.9. The van der Waals surface area contributed by atoms with Crippen LogP contribution in [0.3, 0.4) is 0 Å². The smallest absolute Gasteiger partial charge is 0.416 e. The molecule has 1 saturated heterocycles. The summed E-state index contributed by atoms with van der Waals surface area (Å²) in [5.41, 5.74) is -0.0296. The first-order valence-electron chi connectivity index (χ1n) is 9.05. The van der Waals surface area contributed by atoms with Gasteiger partial charge >= 0.3 is 6.18 Å². The lowest BCUT2D eigenvalue weighted by Gasteiger charge is -2.33. The standard InChI is InChI=1S/C19H23F3N4O2/c1-12-9-13(19(20,21)22)10-16(27)18(12)15-3-4-17(25-24-15)26-7-8-28-14(11-26)5-6-23-2/h3-4,9-10,14,23,27H,5-8,11H2,1-2H3/t14-/m1/s1. The molecule has 0 spiro atoms. The fraction of sp³-hybridized carbons (Fsp3) is 0.474. The van der Waals surface area contributed by atoms with Crippen molar-refractivity contribution in [2.45, 2.75) is 25.6 Å². The zero-order valence-electron chi connectivity index (χ0n) is 15.8. The van der Waals surface area contributed by atoms with Crippen LogP contribution in [0.4, 0.5) is 19.0 Å². The first kappa shape index (κ1) is 20.3. The minimum atomic E-state index is -4.52. The predicted molar refractivity (Wildman–Crippen MR) is 99.4 cm³/mol. The minimum absolute atomic E-state index is 0.101. The van der Waals surface area contributed by atoms with Crippen molar-refractivity contribution >= 4 is 5.82 Å². The van der Waals surface area contributed by atoms with Gasteiger partial charge in [0.1, 0.15) is 5.75 Å². The van der Waals surface area contributed by atoms with E-state index >= 15 is 0 Å². The molecule has 3 rings (SSSR count). The molecule has 2 aromatic rings. The largest absolute Gasteiger partial charge is 0.507 e. The number of aryl methyl sites for hydroxylation is 1. The number of hydrogen-bond acceptors (Lipinski definition) is 6. The molecule has 0 saturated carbocycles. The average Bonchev–Trinajstić information content (AvgIpc) is 2.66. The molecule has 152 valence electrons. The Balaban J connectivity index is 1.79. The van der Waals surface area contributed by atoms with E-state index in [0.29, 0.717) is 37.3 Å². The van der Waals surface area contributed by atoms with Gasteiger partial charge in [0.15, 0.2) is 5.82 Å². The third kappa shape index (κ3) is 4.53. The lowest BCUT2D eigenvalue weighted by Crippen LogP contribution is -2.43. The molecule has 0 aliphatic carbocycles. The molecule has 1 aromatic carbocycles. The van der Waals surface area contributed by atoms with Crippen LogP contribution in [0.2, 0.25) is 0 Å². The van der Waals surface area contributed by atoms with Crippen LogP contribution in [0.5, 0.6) is 5.75 Å². The molecule has 1 fully saturated rings. The second-order valence-electron chi connectivity index (χ2n) is 6.79. The van der Waals surface area contributed by atoms with Gasteiger partial charge in [-0.05, 0) is 56.8 Å². The van der Waals surface area contributed by atoms with E-state index in [1.165, 1.54) is 6.92 Å². The van der Waals surface area contributed by atoms with Gasteiger partial charge in [0.25, 0.3) is 0 Å². The molecule has 6 nitrogen and oxygen atoms in total. The summed E-state index contributed by atoms with van der Waals surface area (Å²) in [4.78, 5) is 2.07. The number of nitrogens with zero attached hydrogens (tertiary/aromatic N) is 3. The SMILES string of the molecule is CNCC[C@@H]1CN(c2ccc(-c3c(C)cc(C(F)(F)F)cc3O)nn2)CCO1. The highest BCUT2D eigenvalue weighted by molar-refractivity contribution is 5.71. The molecule has 2 heterocycles. The Morgan fingerprint density at radius 3 is 2.68 bits per heavy atom. The first-order chi connectivity index (χ1) is 13.3. The number of ether oxygens (including phenoxy) is 1. The summed E-state index contributed by atoms with van der Waals surface area (Å²) in [7, 11) is 1.89. The summed E-state index contributed by atoms with van der Waals surface area (Å²) in [6.45, 7) is 4.34. The van der Waals surface area contributed by atoms with E-state index in [4.69, 9.17) is 4.74 Å². The van der Waals surface area contributed by atoms with Crippen molar-refractivity contribution in [1.29, 1.82) is 0 Å². The van der Waals surface area contributed by atoms with Crippen LogP contribution in [0.15, 0.2) is 24.3 Å². The van der Waals surface area contributed by atoms with Crippen molar-refractivity contribution in [3.63, 3.8) is 0 Å². The van der Waals surface area contributed by atoms with Crippen LogP contribution in [0.25, 0.3) is 11.3 Å². The van der Waals surface area contributed by atoms with E-state index in [-0.39, 0.29) is 17.2 Å². The molecule has 0 bridgehead atoms. The number of rotatable bonds is 5. The minimum Gasteiger partial charge on any atom is -0.507 e. The molecule has 1 atom stereocenters. The van der Waals surface area contributed by atoms with Crippen LogP contribution in [0.1, 0.15) is 17.5 Å². The third-order valence-electron chi connectivity index (χ3n) is 4.73. The number of aromatic nitrogens is 2. The zero-order chi connectivity index (χ0) is 20.3. The monoisotopic (exact) mass is 396 g/mol. The molecule has 1 aromatic heterocycles. The molecular formula is C19H23F3N4O2. The van der Waals surface area contributed by atoms with Gasteiger partial charge in [-0.15, -0.1) is 10.2 Å². The number of benzene rings is 1. The van der Waals surface area contributed by atoms with E-state index in [0.717, 1.165) is 19.0 Å². The van der Waals surface area contributed by atoms with Crippen molar-refractivity contribution in [3.05, 3.63) is 35.4 Å². The summed E-state index contributed by atoms with van der Waals surface area (Å²) >= 11 is 0. The van der Waals surface area contributed by atoms with Crippen LogP contribution < -0.4 is 10.2 Å². The van der Waals surface area contributed by atoms with Crippen molar-refractivity contribution < 1.29 is 23.0 Å².